The number of hydrogen-bond donors (Lipinski definition) is 2. The summed E-state index contributed by atoms with van der Waals surface area (Å²) in [5.41, 5.74) is 1.05. The zero-order valence-electron chi connectivity index (χ0n) is 15.2. The van der Waals surface area contributed by atoms with Crippen molar-refractivity contribution in [2.75, 3.05) is 33.3 Å². The van der Waals surface area contributed by atoms with Crippen LogP contribution in [0, 0.1) is 0 Å². The summed E-state index contributed by atoms with van der Waals surface area (Å²) in [6, 6.07) is 7.31. The van der Waals surface area contributed by atoms with Crippen LogP contribution in [0.4, 0.5) is 0 Å². The van der Waals surface area contributed by atoms with Crippen LogP contribution in [0.25, 0.3) is 0 Å². The average Bonchev–Trinajstić information content (AvgIpc) is 2.65. The summed E-state index contributed by atoms with van der Waals surface area (Å²) in [7, 11) is 1.63. The van der Waals surface area contributed by atoms with Gasteiger partial charge in [0.2, 0.25) is 11.8 Å². The van der Waals surface area contributed by atoms with Crippen molar-refractivity contribution >= 4 is 11.8 Å². The second-order valence-corrected chi connectivity index (χ2v) is 6.94. The minimum absolute atomic E-state index is 0.0189. The molecule has 2 aliphatic rings. The first-order chi connectivity index (χ1) is 12.6. The summed E-state index contributed by atoms with van der Waals surface area (Å²) in [6.45, 7) is 3.01. The van der Waals surface area contributed by atoms with Crippen LogP contribution in [0.5, 0.6) is 5.75 Å². The number of aliphatic hydroxyl groups excluding tert-OH is 1. The number of piperidine rings is 1. The first-order valence-corrected chi connectivity index (χ1v) is 9.17. The number of carbonyl (C=O) groups excluding carboxylic acids is 2. The van der Waals surface area contributed by atoms with E-state index in [2.05, 4.69) is 10.2 Å². The van der Waals surface area contributed by atoms with Crippen molar-refractivity contribution in [3.05, 3.63) is 29.8 Å². The number of hydrogen-bond acceptors (Lipinski definition) is 5. The van der Waals surface area contributed by atoms with E-state index < -0.39 is 6.04 Å². The van der Waals surface area contributed by atoms with Crippen molar-refractivity contribution in [3.8, 4) is 5.75 Å². The first kappa shape index (κ1) is 18.7. The minimum Gasteiger partial charge on any atom is -0.497 e. The molecule has 2 fully saturated rings. The quantitative estimate of drug-likeness (QED) is 0.792. The van der Waals surface area contributed by atoms with Gasteiger partial charge in [-0.2, -0.15) is 0 Å². The summed E-state index contributed by atoms with van der Waals surface area (Å²) in [5, 5.41) is 12.5. The van der Waals surface area contributed by atoms with Crippen LogP contribution in [-0.2, 0) is 16.1 Å². The smallest absolute Gasteiger partial charge is 0.237 e. The Morgan fingerprint density at radius 3 is 2.81 bits per heavy atom. The van der Waals surface area contributed by atoms with Gasteiger partial charge in [0.25, 0.3) is 0 Å². The Balaban J connectivity index is 1.66. The van der Waals surface area contributed by atoms with Crippen molar-refractivity contribution in [3.63, 3.8) is 0 Å². The van der Waals surface area contributed by atoms with Crippen LogP contribution in [0.3, 0.4) is 0 Å². The van der Waals surface area contributed by atoms with Gasteiger partial charge in [-0.1, -0.05) is 12.1 Å². The number of rotatable bonds is 5. The van der Waals surface area contributed by atoms with Gasteiger partial charge in [0.1, 0.15) is 5.75 Å². The molecule has 0 saturated carbocycles. The second kappa shape index (κ2) is 8.51. The fraction of sp³-hybridized carbons (Fsp3) is 0.579. The third-order valence-electron chi connectivity index (χ3n) is 5.15. The monoisotopic (exact) mass is 361 g/mol. The van der Waals surface area contributed by atoms with Crippen molar-refractivity contribution in [2.24, 2.45) is 0 Å². The van der Waals surface area contributed by atoms with Crippen LogP contribution >= 0.6 is 0 Å². The highest BCUT2D eigenvalue weighted by Crippen LogP contribution is 2.19. The van der Waals surface area contributed by atoms with Crippen LogP contribution in [-0.4, -0.2) is 72.2 Å². The molecular formula is C19H27N3O4. The number of likely N-dealkylation sites (tertiary alicyclic amines) is 1. The highest BCUT2D eigenvalue weighted by atomic mass is 16.5. The van der Waals surface area contributed by atoms with E-state index >= 15 is 0 Å². The normalized spacial score (nSPS) is 22.2. The summed E-state index contributed by atoms with van der Waals surface area (Å²) in [5.74, 6) is 0.669. The maximum Gasteiger partial charge on any atom is 0.237 e. The molecule has 3 rings (SSSR count). The summed E-state index contributed by atoms with van der Waals surface area (Å²) >= 11 is 0. The minimum atomic E-state index is -0.464. The number of piperazine rings is 1. The second-order valence-electron chi connectivity index (χ2n) is 6.94. The number of ether oxygens (including phenoxy) is 1. The Morgan fingerprint density at radius 1 is 1.31 bits per heavy atom. The number of methoxy groups -OCH3 is 1. The molecule has 7 nitrogen and oxygen atoms in total. The van der Waals surface area contributed by atoms with Gasteiger partial charge in [0, 0.05) is 32.7 Å². The standard InChI is InChI=1S/C19H27N3O4/c1-26-16-4-2-3-14(11-16)13-22-10-7-20-19(25)17(22)12-18(24)21-8-5-15(23)6-9-21/h2-4,11,15,17,23H,5-10,12-13H2,1H3,(H,20,25)/t17-/m0/s1. The fourth-order valence-electron chi connectivity index (χ4n) is 3.59. The van der Waals surface area contributed by atoms with E-state index in [-0.39, 0.29) is 24.3 Å². The first-order valence-electron chi connectivity index (χ1n) is 9.17. The maximum absolute atomic E-state index is 12.6. The van der Waals surface area contributed by atoms with E-state index in [1.165, 1.54) is 0 Å². The summed E-state index contributed by atoms with van der Waals surface area (Å²) in [6.07, 6.45) is 1.07. The van der Waals surface area contributed by atoms with E-state index in [1.54, 1.807) is 12.0 Å². The topological polar surface area (TPSA) is 82.1 Å². The zero-order chi connectivity index (χ0) is 18.5. The van der Waals surface area contributed by atoms with Gasteiger partial charge in [-0.25, -0.2) is 0 Å². The molecule has 0 bridgehead atoms. The molecule has 26 heavy (non-hydrogen) atoms. The van der Waals surface area contributed by atoms with Gasteiger partial charge in [-0.15, -0.1) is 0 Å². The molecule has 0 radical (unpaired) electrons. The van der Waals surface area contributed by atoms with Gasteiger partial charge >= 0.3 is 0 Å². The lowest BCUT2D eigenvalue weighted by molar-refractivity contribution is -0.140. The van der Waals surface area contributed by atoms with Gasteiger partial charge in [0.05, 0.1) is 25.7 Å². The Labute approximate surface area is 153 Å². The molecule has 0 unspecified atom stereocenters. The van der Waals surface area contributed by atoms with Crippen molar-refractivity contribution in [2.45, 2.75) is 38.0 Å². The van der Waals surface area contributed by atoms with E-state index in [9.17, 15) is 14.7 Å². The molecule has 1 aromatic rings. The molecule has 1 aromatic carbocycles. The Morgan fingerprint density at radius 2 is 2.08 bits per heavy atom. The zero-order valence-corrected chi connectivity index (χ0v) is 15.2. The van der Waals surface area contributed by atoms with Crippen molar-refractivity contribution < 1.29 is 19.4 Å². The van der Waals surface area contributed by atoms with Crippen LogP contribution < -0.4 is 10.1 Å². The van der Waals surface area contributed by atoms with Crippen molar-refractivity contribution in [1.29, 1.82) is 0 Å². The molecule has 1 atom stereocenters. The van der Waals surface area contributed by atoms with Gasteiger partial charge in [-0.05, 0) is 30.5 Å². The number of carbonyl (C=O) groups is 2. The van der Waals surface area contributed by atoms with Crippen LogP contribution in [0.2, 0.25) is 0 Å². The third-order valence-corrected chi connectivity index (χ3v) is 5.15. The highest BCUT2D eigenvalue weighted by Gasteiger charge is 2.33. The molecule has 2 aliphatic heterocycles. The maximum atomic E-state index is 12.6. The molecule has 2 amide bonds. The molecule has 0 aliphatic carbocycles. The van der Waals surface area contributed by atoms with E-state index in [4.69, 9.17) is 4.74 Å². The van der Waals surface area contributed by atoms with Gasteiger partial charge < -0.3 is 20.1 Å². The molecule has 2 heterocycles. The van der Waals surface area contributed by atoms with E-state index in [1.807, 2.05) is 24.3 Å². The SMILES string of the molecule is COc1cccc(CN2CCNC(=O)[C@@H]2CC(=O)N2CCC(O)CC2)c1. The molecule has 2 N–H and O–H groups in total. The summed E-state index contributed by atoms with van der Waals surface area (Å²) < 4.78 is 5.27. The predicted molar refractivity (Wildman–Crippen MR) is 96.6 cm³/mol. The Kier molecular flexibility index (Phi) is 6.11. The molecular weight excluding hydrogens is 334 g/mol. The Hall–Kier alpha value is -2.12. The molecule has 7 heteroatoms. The average molecular weight is 361 g/mol. The third kappa shape index (κ3) is 4.53. The van der Waals surface area contributed by atoms with Crippen LogP contribution in [0.1, 0.15) is 24.8 Å². The van der Waals surface area contributed by atoms with Crippen LogP contribution in [0.15, 0.2) is 24.3 Å². The number of nitrogens with one attached hydrogen (secondary N) is 1. The van der Waals surface area contributed by atoms with Gasteiger partial charge in [-0.3, -0.25) is 14.5 Å². The molecule has 0 spiro atoms. The lowest BCUT2D eigenvalue weighted by atomic mass is 10.0. The summed E-state index contributed by atoms with van der Waals surface area (Å²) in [4.78, 5) is 28.9. The predicted octanol–water partition coefficient (Wildman–Crippen LogP) is 0.369. The number of aliphatic hydroxyl groups is 1. The number of benzene rings is 1. The largest absolute Gasteiger partial charge is 0.497 e. The molecule has 2 saturated heterocycles. The molecule has 142 valence electrons. The van der Waals surface area contributed by atoms with Gasteiger partial charge in [0.15, 0.2) is 0 Å². The van der Waals surface area contributed by atoms with Crippen molar-refractivity contribution in [1.82, 2.24) is 15.1 Å². The molecule has 0 aromatic heterocycles. The number of nitrogens with zero attached hydrogens (tertiary/aromatic N) is 2. The lowest BCUT2D eigenvalue weighted by Crippen LogP contribution is -2.56. The lowest BCUT2D eigenvalue weighted by Gasteiger charge is -2.37. The highest BCUT2D eigenvalue weighted by molar-refractivity contribution is 5.88. The van der Waals surface area contributed by atoms with E-state index in [0.29, 0.717) is 45.6 Å². The number of amides is 2. The Bertz CT molecular complexity index is 643. The fourth-order valence-corrected chi connectivity index (χ4v) is 3.59. The van der Waals surface area contributed by atoms with E-state index in [0.717, 1.165) is 11.3 Å².